The molecule has 1 atom stereocenters. The van der Waals surface area contributed by atoms with Gasteiger partial charge in [-0.3, -0.25) is 14.1 Å². The van der Waals surface area contributed by atoms with Crippen molar-refractivity contribution >= 4 is 19.8 Å². The molecule has 0 fully saturated rings. The van der Waals surface area contributed by atoms with E-state index in [0.29, 0.717) is 12.8 Å². The van der Waals surface area contributed by atoms with Gasteiger partial charge in [-0.2, -0.15) is 0 Å². The first-order valence-corrected chi connectivity index (χ1v) is 16.9. The second-order valence-corrected chi connectivity index (χ2v) is 11.7. The van der Waals surface area contributed by atoms with Crippen molar-refractivity contribution in [1.82, 2.24) is 0 Å². The number of phosphoric ester groups is 1. The van der Waals surface area contributed by atoms with E-state index in [-0.39, 0.29) is 19.4 Å². The summed E-state index contributed by atoms with van der Waals surface area (Å²) in [5.41, 5.74) is 0. The zero-order valence-electron chi connectivity index (χ0n) is 24.3. The molecule has 38 heavy (non-hydrogen) atoms. The van der Waals surface area contributed by atoms with Crippen molar-refractivity contribution in [2.75, 3.05) is 13.2 Å². The van der Waals surface area contributed by atoms with Gasteiger partial charge in [-0.1, -0.05) is 129 Å². The zero-order valence-corrected chi connectivity index (χ0v) is 25.2. The standard InChI is InChI=1S/C29H57O8P/c1-3-5-6-7-8-9-10-11-12-13-14-15-16-17-18-19-20-21-22-24-29(31)37-27(26-36-38(32,33)34)25-35-28(30)23-4-2/h27H,3-26H2,1-2H3,(H2,32,33,34). The number of esters is 2. The average Bonchev–Trinajstić information content (AvgIpc) is 2.86. The third kappa shape index (κ3) is 28.1. The number of unbranched alkanes of at least 4 members (excludes halogenated alkanes) is 18. The van der Waals surface area contributed by atoms with Gasteiger partial charge < -0.3 is 19.3 Å². The molecule has 0 saturated heterocycles. The number of ether oxygens (including phenoxy) is 2. The highest BCUT2D eigenvalue weighted by atomic mass is 31.2. The van der Waals surface area contributed by atoms with Crippen molar-refractivity contribution < 1.29 is 37.9 Å². The molecule has 0 amide bonds. The van der Waals surface area contributed by atoms with Crippen molar-refractivity contribution in [2.24, 2.45) is 0 Å². The van der Waals surface area contributed by atoms with Crippen molar-refractivity contribution in [3.05, 3.63) is 0 Å². The first-order chi connectivity index (χ1) is 18.3. The zero-order chi connectivity index (χ0) is 28.3. The minimum atomic E-state index is -4.71. The summed E-state index contributed by atoms with van der Waals surface area (Å²) in [4.78, 5) is 41.4. The minimum absolute atomic E-state index is 0.216. The Labute approximate surface area is 232 Å². The summed E-state index contributed by atoms with van der Waals surface area (Å²) in [6, 6.07) is 0. The highest BCUT2D eigenvalue weighted by Gasteiger charge is 2.22. The van der Waals surface area contributed by atoms with Crippen LogP contribution in [0, 0.1) is 0 Å². The lowest BCUT2D eigenvalue weighted by atomic mass is 10.0. The number of phosphoric acid groups is 1. The van der Waals surface area contributed by atoms with Gasteiger partial charge in [-0.15, -0.1) is 0 Å². The third-order valence-electron chi connectivity index (χ3n) is 6.60. The molecule has 0 aliphatic rings. The smallest absolute Gasteiger partial charge is 0.462 e. The molecule has 0 aliphatic carbocycles. The molecule has 0 bridgehead atoms. The van der Waals surface area contributed by atoms with Crippen molar-refractivity contribution in [3.8, 4) is 0 Å². The van der Waals surface area contributed by atoms with E-state index in [1.165, 1.54) is 103 Å². The molecule has 0 saturated carbocycles. The van der Waals surface area contributed by atoms with Gasteiger partial charge in [0, 0.05) is 12.8 Å². The fraction of sp³-hybridized carbons (Fsp3) is 0.931. The summed E-state index contributed by atoms with van der Waals surface area (Å²) in [6.07, 6.45) is 24.3. The molecule has 1 unspecified atom stereocenters. The molecule has 0 spiro atoms. The van der Waals surface area contributed by atoms with Crippen molar-refractivity contribution in [3.63, 3.8) is 0 Å². The Hall–Kier alpha value is -0.950. The van der Waals surface area contributed by atoms with E-state index in [1.54, 1.807) is 0 Å². The summed E-state index contributed by atoms with van der Waals surface area (Å²) in [5, 5.41) is 0. The summed E-state index contributed by atoms with van der Waals surface area (Å²) >= 11 is 0. The van der Waals surface area contributed by atoms with E-state index in [4.69, 9.17) is 19.3 Å². The molecule has 2 N–H and O–H groups in total. The highest BCUT2D eigenvalue weighted by Crippen LogP contribution is 2.35. The van der Waals surface area contributed by atoms with Gasteiger partial charge in [0.15, 0.2) is 6.10 Å². The van der Waals surface area contributed by atoms with Crippen LogP contribution in [0.5, 0.6) is 0 Å². The lowest BCUT2D eigenvalue weighted by molar-refractivity contribution is -0.161. The van der Waals surface area contributed by atoms with Gasteiger partial charge in [0.1, 0.15) is 6.61 Å². The van der Waals surface area contributed by atoms with E-state index in [0.717, 1.165) is 12.8 Å². The van der Waals surface area contributed by atoms with Gasteiger partial charge >= 0.3 is 19.8 Å². The number of carbonyl (C=O) groups is 2. The lowest BCUT2D eigenvalue weighted by Crippen LogP contribution is -2.29. The fourth-order valence-corrected chi connectivity index (χ4v) is 4.71. The predicted molar refractivity (Wildman–Crippen MR) is 152 cm³/mol. The molecule has 0 aromatic rings. The molecular weight excluding hydrogens is 507 g/mol. The van der Waals surface area contributed by atoms with Crippen LogP contribution in [0.1, 0.15) is 155 Å². The molecular formula is C29H57O8P. The fourth-order valence-electron chi connectivity index (χ4n) is 4.35. The molecule has 0 aliphatic heterocycles. The van der Waals surface area contributed by atoms with Crippen LogP contribution in [0.15, 0.2) is 0 Å². The first-order valence-electron chi connectivity index (χ1n) is 15.3. The quantitative estimate of drug-likeness (QED) is 0.0555. The van der Waals surface area contributed by atoms with Gasteiger partial charge in [0.2, 0.25) is 0 Å². The molecule has 0 heterocycles. The van der Waals surface area contributed by atoms with Crippen LogP contribution in [0.4, 0.5) is 0 Å². The molecule has 226 valence electrons. The topological polar surface area (TPSA) is 119 Å². The van der Waals surface area contributed by atoms with Crippen LogP contribution in [0.3, 0.4) is 0 Å². The van der Waals surface area contributed by atoms with Gasteiger partial charge in [-0.25, -0.2) is 4.57 Å². The number of hydrogen-bond acceptors (Lipinski definition) is 6. The Balaban J connectivity index is 3.66. The maximum Gasteiger partial charge on any atom is 0.469 e. The third-order valence-corrected chi connectivity index (χ3v) is 7.08. The monoisotopic (exact) mass is 564 g/mol. The van der Waals surface area contributed by atoms with E-state index in [9.17, 15) is 14.2 Å². The van der Waals surface area contributed by atoms with Crippen LogP contribution >= 0.6 is 7.82 Å². The minimum Gasteiger partial charge on any atom is -0.462 e. The summed E-state index contributed by atoms with van der Waals surface area (Å²) < 4.78 is 25.6. The van der Waals surface area contributed by atoms with Gasteiger partial charge in [0.05, 0.1) is 6.61 Å². The van der Waals surface area contributed by atoms with Gasteiger partial charge in [0.25, 0.3) is 0 Å². The summed E-state index contributed by atoms with van der Waals surface area (Å²) in [7, 11) is -4.71. The second kappa shape index (κ2) is 26.3. The molecule has 0 rings (SSSR count). The molecule has 9 heteroatoms. The van der Waals surface area contributed by atoms with E-state index in [2.05, 4.69) is 11.4 Å². The van der Waals surface area contributed by atoms with E-state index >= 15 is 0 Å². The van der Waals surface area contributed by atoms with E-state index in [1.807, 2.05) is 6.92 Å². The van der Waals surface area contributed by atoms with E-state index < -0.39 is 32.5 Å². The van der Waals surface area contributed by atoms with Crippen LogP contribution in [0.25, 0.3) is 0 Å². The van der Waals surface area contributed by atoms with Crippen LogP contribution in [-0.4, -0.2) is 41.0 Å². The van der Waals surface area contributed by atoms with Crippen LogP contribution in [-0.2, 0) is 28.2 Å². The Morgan fingerprint density at radius 2 is 1.00 bits per heavy atom. The number of carbonyl (C=O) groups excluding carboxylic acids is 2. The van der Waals surface area contributed by atoms with Crippen LogP contribution < -0.4 is 0 Å². The Morgan fingerprint density at radius 1 is 0.579 bits per heavy atom. The predicted octanol–water partition coefficient (Wildman–Crippen LogP) is 8.17. The largest absolute Gasteiger partial charge is 0.469 e. The molecule has 8 nitrogen and oxygen atoms in total. The highest BCUT2D eigenvalue weighted by molar-refractivity contribution is 7.46. The Morgan fingerprint density at radius 3 is 1.39 bits per heavy atom. The number of hydrogen-bond donors (Lipinski definition) is 2. The Bertz CT molecular complexity index is 607. The summed E-state index contributed by atoms with van der Waals surface area (Å²) in [5.74, 6) is -0.939. The molecule has 0 aromatic heterocycles. The number of rotatable bonds is 28. The van der Waals surface area contributed by atoms with Crippen LogP contribution in [0.2, 0.25) is 0 Å². The maximum atomic E-state index is 12.1. The normalized spacial score (nSPS) is 12.4. The van der Waals surface area contributed by atoms with Crippen molar-refractivity contribution in [2.45, 2.75) is 161 Å². The SMILES string of the molecule is CCCCCCCCCCCCCCCCCCCCCC(=O)OC(COC(=O)CCC)COP(=O)(O)O. The maximum absolute atomic E-state index is 12.1. The molecule has 0 radical (unpaired) electrons. The van der Waals surface area contributed by atoms with Gasteiger partial charge in [-0.05, 0) is 12.8 Å². The first kappa shape index (κ1) is 37.0. The average molecular weight is 565 g/mol. The lowest BCUT2D eigenvalue weighted by Gasteiger charge is -2.18. The Kier molecular flexibility index (Phi) is 25.6. The van der Waals surface area contributed by atoms with Crippen molar-refractivity contribution in [1.29, 1.82) is 0 Å². The second-order valence-electron chi connectivity index (χ2n) is 10.4. The molecule has 0 aromatic carbocycles. The summed E-state index contributed by atoms with van der Waals surface area (Å²) in [6.45, 7) is 3.27.